The van der Waals surface area contributed by atoms with Crippen LogP contribution in [0.15, 0.2) is 24.3 Å². The van der Waals surface area contributed by atoms with Gasteiger partial charge in [-0.05, 0) is 56.2 Å². The van der Waals surface area contributed by atoms with Crippen molar-refractivity contribution in [3.63, 3.8) is 0 Å². The van der Waals surface area contributed by atoms with Gasteiger partial charge in [0.05, 0.1) is 18.6 Å². The molecule has 1 N–H and O–H groups in total. The predicted octanol–water partition coefficient (Wildman–Crippen LogP) is 4.10. The normalized spacial score (nSPS) is 28.1. The zero-order chi connectivity index (χ0) is 14.7. The van der Waals surface area contributed by atoms with Gasteiger partial charge in [-0.2, -0.15) is 0 Å². The van der Waals surface area contributed by atoms with Crippen LogP contribution in [-0.2, 0) is 9.53 Å². The minimum atomic E-state index is -0.753. The fraction of sp³-hybridized carbons (Fsp3) is 0.562. The first-order chi connectivity index (χ1) is 9.45. The van der Waals surface area contributed by atoms with E-state index in [1.807, 2.05) is 24.3 Å². The van der Waals surface area contributed by atoms with E-state index in [1.54, 1.807) is 0 Å². The fourth-order valence-corrected chi connectivity index (χ4v) is 3.37. The maximum absolute atomic E-state index is 11.2. The summed E-state index contributed by atoms with van der Waals surface area (Å²) >= 11 is 5.92. The molecule has 4 heteroatoms. The summed E-state index contributed by atoms with van der Waals surface area (Å²) in [5, 5.41) is 9.88. The molecule has 0 spiro atoms. The number of carboxylic acid groups (broad SMARTS) is 1. The molecule has 1 aromatic rings. The van der Waals surface area contributed by atoms with Gasteiger partial charge >= 0.3 is 5.97 Å². The second-order valence-electron chi connectivity index (χ2n) is 5.74. The van der Waals surface area contributed by atoms with E-state index in [4.69, 9.17) is 16.3 Å². The third-order valence-corrected chi connectivity index (χ3v) is 4.25. The van der Waals surface area contributed by atoms with Crippen molar-refractivity contribution in [3.05, 3.63) is 34.9 Å². The number of ether oxygens (including phenoxy) is 1. The van der Waals surface area contributed by atoms with Crippen LogP contribution in [0.3, 0.4) is 0 Å². The molecule has 0 bridgehead atoms. The molecular weight excluding hydrogens is 276 g/mol. The van der Waals surface area contributed by atoms with E-state index in [-0.39, 0.29) is 24.5 Å². The Morgan fingerprint density at radius 1 is 1.30 bits per heavy atom. The summed E-state index contributed by atoms with van der Waals surface area (Å²) in [6, 6.07) is 7.55. The quantitative estimate of drug-likeness (QED) is 0.910. The molecule has 1 fully saturated rings. The molecule has 0 amide bonds. The van der Waals surface area contributed by atoms with Gasteiger partial charge in [-0.3, -0.25) is 4.79 Å². The average molecular weight is 297 g/mol. The van der Waals surface area contributed by atoms with Crippen molar-refractivity contribution >= 4 is 17.6 Å². The molecule has 3 nitrogen and oxygen atoms in total. The third kappa shape index (κ3) is 3.97. The molecule has 1 aliphatic rings. The number of carboxylic acids is 1. The Balaban J connectivity index is 2.22. The molecule has 1 aliphatic heterocycles. The number of benzene rings is 1. The van der Waals surface area contributed by atoms with Crippen LogP contribution >= 0.6 is 11.6 Å². The second kappa shape index (κ2) is 6.59. The Morgan fingerprint density at radius 2 is 1.85 bits per heavy atom. The minimum Gasteiger partial charge on any atom is -0.481 e. The fourth-order valence-electron chi connectivity index (χ4n) is 3.24. The third-order valence-electron chi connectivity index (χ3n) is 4.00. The van der Waals surface area contributed by atoms with Crippen LogP contribution in [0.4, 0.5) is 0 Å². The van der Waals surface area contributed by atoms with Crippen molar-refractivity contribution in [2.75, 3.05) is 0 Å². The van der Waals surface area contributed by atoms with Gasteiger partial charge < -0.3 is 9.84 Å². The molecule has 2 rings (SSSR count). The molecule has 1 saturated heterocycles. The number of hydrogen-bond acceptors (Lipinski definition) is 2. The van der Waals surface area contributed by atoms with Gasteiger partial charge in [-0.1, -0.05) is 23.7 Å². The molecular formula is C16H21ClO3. The van der Waals surface area contributed by atoms with Gasteiger partial charge in [-0.15, -0.1) is 0 Å². The number of hydrogen-bond donors (Lipinski definition) is 1. The molecule has 0 saturated carbocycles. The highest BCUT2D eigenvalue weighted by molar-refractivity contribution is 6.30. The van der Waals surface area contributed by atoms with E-state index < -0.39 is 5.97 Å². The van der Waals surface area contributed by atoms with Crippen LogP contribution < -0.4 is 0 Å². The molecule has 2 unspecified atom stereocenters. The largest absolute Gasteiger partial charge is 0.481 e. The van der Waals surface area contributed by atoms with Crippen LogP contribution in [0.25, 0.3) is 0 Å². The smallest absolute Gasteiger partial charge is 0.303 e. The lowest BCUT2D eigenvalue weighted by molar-refractivity contribution is -0.138. The standard InChI is InChI=1S/C16H21ClO3/c1-10-7-13(8-11(2)20-10)15(9-16(18)19)12-3-5-14(17)6-4-12/h3-6,10-11,13,15H,7-9H2,1-2H3,(H,18,19)/t10-,11+,13?,15?. The predicted molar refractivity (Wildman–Crippen MR) is 79.2 cm³/mol. The highest BCUT2D eigenvalue weighted by atomic mass is 35.5. The monoisotopic (exact) mass is 296 g/mol. The lowest BCUT2D eigenvalue weighted by atomic mass is 9.76. The van der Waals surface area contributed by atoms with Crippen molar-refractivity contribution in [1.82, 2.24) is 0 Å². The minimum absolute atomic E-state index is 0.0265. The summed E-state index contributed by atoms with van der Waals surface area (Å²) in [5.74, 6) is -0.388. The molecule has 0 radical (unpaired) electrons. The lowest BCUT2D eigenvalue weighted by Gasteiger charge is -2.36. The first kappa shape index (κ1) is 15.3. The Kier molecular flexibility index (Phi) is 5.06. The Bertz CT molecular complexity index is 447. The molecule has 0 aliphatic carbocycles. The van der Waals surface area contributed by atoms with Gasteiger partial charge in [0.1, 0.15) is 0 Å². The summed E-state index contributed by atoms with van der Waals surface area (Å²) in [4.78, 5) is 11.2. The zero-order valence-electron chi connectivity index (χ0n) is 11.9. The van der Waals surface area contributed by atoms with E-state index in [2.05, 4.69) is 13.8 Å². The van der Waals surface area contributed by atoms with E-state index in [9.17, 15) is 9.90 Å². The molecule has 1 aromatic carbocycles. The van der Waals surface area contributed by atoms with Crippen LogP contribution in [0.2, 0.25) is 5.02 Å². The summed E-state index contributed by atoms with van der Waals surface area (Å²) in [6.45, 7) is 4.12. The Hall–Kier alpha value is -1.06. The highest BCUT2D eigenvalue weighted by Crippen LogP contribution is 2.38. The van der Waals surface area contributed by atoms with Crippen LogP contribution in [0, 0.1) is 5.92 Å². The van der Waals surface area contributed by atoms with E-state index in [0.29, 0.717) is 10.9 Å². The Labute approximate surface area is 124 Å². The van der Waals surface area contributed by atoms with Crippen molar-refractivity contribution < 1.29 is 14.6 Å². The Morgan fingerprint density at radius 3 is 2.35 bits per heavy atom. The SMILES string of the molecule is C[C@@H]1CC(C(CC(=O)O)c2ccc(Cl)cc2)C[C@H](C)O1. The van der Waals surface area contributed by atoms with Gasteiger partial charge in [0.25, 0.3) is 0 Å². The molecule has 1 heterocycles. The second-order valence-corrected chi connectivity index (χ2v) is 6.18. The summed E-state index contributed by atoms with van der Waals surface area (Å²) < 4.78 is 5.76. The number of rotatable bonds is 4. The van der Waals surface area contributed by atoms with Crippen molar-refractivity contribution in [1.29, 1.82) is 0 Å². The molecule has 110 valence electrons. The van der Waals surface area contributed by atoms with Crippen molar-refractivity contribution in [3.8, 4) is 0 Å². The van der Waals surface area contributed by atoms with Crippen LogP contribution in [0.5, 0.6) is 0 Å². The summed E-state index contributed by atoms with van der Waals surface area (Å²) in [6.07, 6.45) is 2.35. The average Bonchev–Trinajstić information content (AvgIpc) is 2.35. The molecule has 4 atom stereocenters. The van der Waals surface area contributed by atoms with Gasteiger partial charge in [0.2, 0.25) is 0 Å². The highest BCUT2D eigenvalue weighted by Gasteiger charge is 2.32. The van der Waals surface area contributed by atoms with Gasteiger partial charge in [0, 0.05) is 5.02 Å². The van der Waals surface area contributed by atoms with Gasteiger partial charge in [-0.25, -0.2) is 0 Å². The maximum atomic E-state index is 11.2. The number of aliphatic carboxylic acids is 1. The summed E-state index contributed by atoms with van der Waals surface area (Å²) in [7, 11) is 0. The van der Waals surface area contributed by atoms with Crippen molar-refractivity contribution in [2.24, 2.45) is 5.92 Å². The van der Waals surface area contributed by atoms with E-state index in [1.165, 1.54) is 0 Å². The topological polar surface area (TPSA) is 46.5 Å². The van der Waals surface area contributed by atoms with Crippen LogP contribution in [0.1, 0.15) is 44.6 Å². The van der Waals surface area contributed by atoms with E-state index in [0.717, 1.165) is 18.4 Å². The van der Waals surface area contributed by atoms with E-state index >= 15 is 0 Å². The summed E-state index contributed by atoms with van der Waals surface area (Å²) in [5.41, 5.74) is 1.06. The van der Waals surface area contributed by atoms with Gasteiger partial charge in [0.15, 0.2) is 0 Å². The zero-order valence-corrected chi connectivity index (χ0v) is 12.6. The first-order valence-electron chi connectivity index (χ1n) is 7.08. The molecule has 0 aromatic heterocycles. The maximum Gasteiger partial charge on any atom is 0.303 e. The van der Waals surface area contributed by atoms with Crippen molar-refractivity contribution in [2.45, 2.75) is 51.2 Å². The number of carbonyl (C=O) groups is 1. The lowest BCUT2D eigenvalue weighted by Crippen LogP contribution is -2.33. The first-order valence-corrected chi connectivity index (χ1v) is 7.46. The number of halogens is 1. The molecule has 20 heavy (non-hydrogen) atoms. The van der Waals surface area contributed by atoms with Crippen LogP contribution in [-0.4, -0.2) is 23.3 Å².